The summed E-state index contributed by atoms with van der Waals surface area (Å²) in [6.07, 6.45) is 0. The molecule has 0 bridgehead atoms. The minimum atomic E-state index is -0.412. The summed E-state index contributed by atoms with van der Waals surface area (Å²) < 4.78 is 14.4. The number of hydrogen-bond acceptors (Lipinski definition) is 4. The molecule has 0 spiro atoms. The maximum Gasteiger partial charge on any atom is 0.266 e. The van der Waals surface area contributed by atoms with Gasteiger partial charge in [-0.2, -0.15) is 0 Å². The summed E-state index contributed by atoms with van der Waals surface area (Å²) in [5.74, 6) is -0.792. The molecule has 1 heterocycles. The lowest BCUT2D eigenvalue weighted by Gasteiger charge is -2.07. The molecule has 0 unspecified atom stereocenters. The molecular weight excluding hydrogens is 385 g/mol. The number of aromatic nitrogens is 1. The molecule has 0 aliphatic rings. The van der Waals surface area contributed by atoms with Crippen LogP contribution in [-0.4, -0.2) is 17.0 Å². The van der Waals surface area contributed by atoms with Gasteiger partial charge in [-0.3, -0.25) is 19.1 Å². The average Bonchev–Trinajstić information content (AvgIpc) is 2.49. The quantitative estimate of drug-likeness (QED) is 0.855. The fraction of sp³-hybridized carbons (Fsp3) is 0.267. The molecule has 2 rings (SSSR count). The molecule has 1 aromatic heterocycles. The van der Waals surface area contributed by atoms with Crippen molar-refractivity contribution >= 4 is 39.9 Å². The Morgan fingerprint density at radius 1 is 1.30 bits per heavy atom. The molecule has 0 radical (unpaired) electrons. The molecule has 0 aliphatic carbocycles. The van der Waals surface area contributed by atoms with Crippen LogP contribution in [0.25, 0.3) is 0 Å². The molecule has 0 saturated heterocycles. The van der Waals surface area contributed by atoms with E-state index >= 15 is 0 Å². The van der Waals surface area contributed by atoms with Crippen LogP contribution in [0.4, 0.5) is 10.1 Å². The summed E-state index contributed by atoms with van der Waals surface area (Å²) in [4.78, 5) is 29.3. The van der Waals surface area contributed by atoms with Crippen LogP contribution in [0.5, 0.6) is 0 Å². The highest BCUT2D eigenvalue weighted by Crippen LogP contribution is 2.10. The number of benzene rings is 1. The fourth-order valence-corrected chi connectivity index (χ4v) is 2.87. The summed E-state index contributed by atoms with van der Waals surface area (Å²) in [7, 11) is 0. The van der Waals surface area contributed by atoms with Gasteiger partial charge in [0.2, 0.25) is 0 Å². The Kier molecular flexibility index (Phi) is 7.31. The van der Waals surface area contributed by atoms with Gasteiger partial charge in [0.15, 0.2) is 4.80 Å². The van der Waals surface area contributed by atoms with E-state index in [1.54, 1.807) is 0 Å². The van der Waals surface area contributed by atoms with E-state index in [0.29, 0.717) is 23.6 Å². The maximum absolute atomic E-state index is 12.9. The number of carbonyl (C=O) groups excluding carboxylic acids is 1. The second-order valence-electron chi connectivity index (χ2n) is 4.41. The Labute approximate surface area is 147 Å². The van der Waals surface area contributed by atoms with Gasteiger partial charge in [-0.25, -0.2) is 4.39 Å². The van der Waals surface area contributed by atoms with Crippen molar-refractivity contribution in [2.24, 2.45) is 4.99 Å². The molecule has 0 atom stereocenters. The molecular formula is C15H17BrFN3O2S. The second kappa shape index (κ2) is 8.73. The Morgan fingerprint density at radius 3 is 2.52 bits per heavy atom. The summed E-state index contributed by atoms with van der Waals surface area (Å²) in [5.41, 5.74) is 0.199. The molecule has 2 aromatic rings. The summed E-state index contributed by atoms with van der Waals surface area (Å²) in [6.45, 7) is 4.73. The van der Waals surface area contributed by atoms with Crippen LogP contribution in [0.15, 0.2) is 40.1 Å². The molecule has 0 aliphatic heterocycles. The van der Waals surface area contributed by atoms with Gasteiger partial charge >= 0.3 is 0 Å². The van der Waals surface area contributed by atoms with E-state index in [0.717, 1.165) is 11.3 Å². The van der Waals surface area contributed by atoms with Crippen LogP contribution < -0.4 is 15.7 Å². The van der Waals surface area contributed by atoms with Crippen molar-refractivity contribution in [2.45, 2.75) is 20.4 Å². The monoisotopic (exact) mass is 401 g/mol. The number of amides is 1. The molecule has 1 amide bonds. The average molecular weight is 402 g/mol. The number of halogens is 2. The predicted octanol–water partition coefficient (Wildman–Crippen LogP) is 2.82. The molecule has 0 saturated carbocycles. The molecule has 23 heavy (non-hydrogen) atoms. The van der Waals surface area contributed by atoms with Crippen molar-refractivity contribution in [3.63, 3.8) is 0 Å². The Balaban J connectivity index is 0.00000264. The number of anilines is 1. The largest absolute Gasteiger partial charge is 0.321 e. The van der Waals surface area contributed by atoms with Crippen molar-refractivity contribution in [3.8, 4) is 0 Å². The van der Waals surface area contributed by atoms with Gasteiger partial charge in [-0.05, 0) is 38.1 Å². The number of nitrogens with one attached hydrogen (secondary N) is 1. The van der Waals surface area contributed by atoms with Crippen LogP contribution >= 0.6 is 28.3 Å². The first-order valence-corrected chi connectivity index (χ1v) is 7.69. The summed E-state index contributed by atoms with van der Waals surface area (Å²) >= 11 is 1.15. The van der Waals surface area contributed by atoms with E-state index in [1.165, 1.54) is 34.9 Å². The topological polar surface area (TPSA) is 63.5 Å². The first-order chi connectivity index (χ1) is 10.5. The van der Waals surface area contributed by atoms with Gasteiger partial charge in [0.05, 0.1) is 0 Å². The third kappa shape index (κ3) is 4.84. The van der Waals surface area contributed by atoms with E-state index < -0.39 is 5.91 Å². The van der Waals surface area contributed by atoms with Crippen LogP contribution in [-0.2, 0) is 6.54 Å². The smallest absolute Gasteiger partial charge is 0.266 e. The number of rotatable bonds is 4. The molecule has 0 fully saturated rings. The third-order valence-electron chi connectivity index (χ3n) is 2.89. The Bertz CT molecular complexity index is 800. The van der Waals surface area contributed by atoms with E-state index in [1.807, 2.05) is 13.8 Å². The first-order valence-electron chi connectivity index (χ1n) is 6.87. The standard InChI is InChI=1S/C15H16FN3O2S.BrH/c1-3-17-15-19(4-2)13(20)9-12(22-15)14(21)18-11-7-5-10(16)6-8-11;/h5-9H,3-4H2,1-2H3,(H,18,21);1H. The molecule has 8 heteroatoms. The predicted molar refractivity (Wildman–Crippen MR) is 95.0 cm³/mol. The summed E-state index contributed by atoms with van der Waals surface area (Å²) in [5, 5.41) is 2.63. The SMILES string of the molecule is Br.CCN=c1sc(C(=O)Nc2ccc(F)cc2)cc(=O)n1CC. The van der Waals surface area contributed by atoms with Crippen LogP contribution in [0.2, 0.25) is 0 Å². The van der Waals surface area contributed by atoms with Gasteiger partial charge in [0.1, 0.15) is 10.7 Å². The van der Waals surface area contributed by atoms with Crippen molar-refractivity contribution in [3.05, 3.63) is 56.2 Å². The van der Waals surface area contributed by atoms with Crippen LogP contribution in [0.1, 0.15) is 23.5 Å². The Morgan fingerprint density at radius 2 is 1.96 bits per heavy atom. The lowest BCUT2D eigenvalue weighted by Crippen LogP contribution is -2.32. The minimum Gasteiger partial charge on any atom is -0.321 e. The molecule has 1 aromatic carbocycles. The highest BCUT2D eigenvalue weighted by Gasteiger charge is 2.11. The van der Waals surface area contributed by atoms with E-state index in [9.17, 15) is 14.0 Å². The van der Waals surface area contributed by atoms with Gasteiger partial charge in [-0.1, -0.05) is 11.3 Å². The number of nitrogens with zero attached hydrogens (tertiary/aromatic N) is 2. The zero-order valence-corrected chi connectivity index (χ0v) is 15.2. The first kappa shape index (κ1) is 19.2. The van der Waals surface area contributed by atoms with Crippen LogP contribution in [0, 0.1) is 5.82 Å². The maximum atomic E-state index is 12.9. The molecule has 1 N–H and O–H groups in total. The lowest BCUT2D eigenvalue weighted by molar-refractivity contribution is 0.103. The third-order valence-corrected chi connectivity index (χ3v) is 3.94. The Hall–Kier alpha value is -1.80. The normalized spacial score (nSPS) is 11.0. The minimum absolute atomic E-state index is 0. The zero-order valence-electron chi connectivity index (χ0n) is 12.7. The van der Waals surface area contributed by atoms with Crippen molar-refractivity contribution < 1.29 is 9.18 Å². The van der Waals surface area contributed by atoms with Gasteiger partial charge in [0.25, 0.3) is 11.5 Å². The fourth-order valence-electron chi connectivity index (χ4n) is 1.85. The summed E-state index contributed by atoms with van der Waals surface area (Å²) in [6, 6.07) is 6.73. The number of carbonyl (C=O) groups is 1. The zero-order chi connectivity index (χ0) is 16.1. The molecule has 5 nitrogen and oxygen atoms in total. The van der Waals surface area contributed by atoms with Crippen LogP contribution in [0.3, 0.4) is 0 Å². The highest BCUT2D eigenvalue weighted by atomic mass is 79.9. The van der Waals surface area contributed by atoms with Crippen molar-refractivity contribution in [1.82, 2.24) is 4.57 Å². The van der Waals surface area contributed by atoms with Crippen molar-refractivity contribution in [1.29, 1.82) is 0 Å². The highest BCUT2D eigenvalue weighted by molar-refractivity contribution is 8.93. The van der Waals surface area contributed by atoms with E-state index in [4.69, 9.17) is 0 Å². The van der Waals surface area contributed by atoms with Gasteiger partial charge < -0.3 is 5.32 Å². The van der Waals surface area contributed by atoms with Gasteiger partial charge in [0, 0.05) is 24.8 Å². The van der Waals surface area contributed by atoms with Gasteiger partial charge in [-0.15, -0.1) is 17.0 Å². The molecule has 124 valence electrons. The second-order valence-corrected chi connectivity index (χ2v) is 5.42. The van der Waals surface area contributed by atoms with E-state index in [-0.39, 0.29) is 33.2 Å². The van der Waals surface area contributed by atoms with E-state index in [2.05, 4.69) is 10.3 Å². The number of hydrogen-bond donors (Lipinski definition) is 1. The lowest BCUT2D eigenvalue weighted by atomic mass is 10.3. The van der Waals surface area contributed by atoms with Crippen molar-refractivity contribution in [2.75, 3.05) is 11.9 Å².